The van der Waals surface area contributed by atoms with Gasteiger partial charge in [0.15, 0.2) is 0 Å². The molecule has 1 saturated carbocycles. The van der Waals surface area contributed by atoms with Gasteiger partial charge in [0.05, 0.1) is 10.6 Å². The fourth-order valence-corrected chi connectivity index (χ4v) is 6.88. The van der Waals surface area contributed by atoms with Crippen molar-refractivity contribution in [3.8, 4) is 0 Å². The normalized spacial score (nSPS) is 14.5. The second-order valence-corrected chi connectivity index (χ2v) is 13.3. The van der Waals surface area contributed by atoms with Crippen molar-refractivity contribution in [3.05, 3.63) is 94.0 Å². The molecule has 1 fully saturated rings. The first-order chi connectivity index (χ1) is 19.4. The zero-order chi connectivity index (χ0) is 29.7. The smallest absolute Gasteiger partial charge is 0.264 e. The molecule has 0 saturated heterocycles. The Labute approximate surface area is 248 Å². The van der Waals surface area contributed by atoms with Crippen LogP contribution in [-0.4, -0.2) is 43.8 Å². The second kappa shape index (κ2) is 13.1. The molecule has 1 atom stereocenters. The quantitative estimate of drug-likeness (QED) is 0.314. The van der Waals surface area contributed by atoms with E-state index in [2.05, 4.69) is 5.32 Å². The summed E-state index contributed by atoms with van der Waals surface area (Å²) in [6.45, 7) is 6.96. The van der Waals surface area contributed by atoms with Gasteiger partial charge < -0.3 is 10.2 Å². The minimum Gasteiger partial charge on any atom is -0.352 e. The van der Waals surface area contributed by atoms with E-state index in [-0.39, 0.29) is 23.4 Å². The van der Waals surface area contributed by atoms with Crippen molar-refractivity contribution < 1.29 is 18.0 Å². The third-order valence-corrected chi connectivity index (χ3v) is 9.52. The lowest BCUT2D eigenvalue weighted by Crippen LogP contribution is -2.52. The minimum absolute atomic E-state index is 0.0850. The fraction of sp³-hybridized carbons (Fsp3) is 0.375. The predicted molar refractivity (Wildman–Crippen MR) is 163 cm³/mol. The number of nitrogens with one attached hydrogen (secondary N) is 1. The van der Waals surface area contributed by atoms with Crippen molar-refractivity contribution in [2.75, 3.05) is 10.8 Å². The molecule has 218 valence electrons. The highest BCUT2D eigenvalue weighted by molar-refractivity contribution is 7.92. The van der Waals surface area contributed by atoms with E-state index < -0.39 is 28.5 Å². The summed E-state index contributed by atoms with van der Waals surface area (Å²) in [6.07, 6.45) is 3.95. The lowest BCUT2D eigenvalue weighted by Gasteiger charge is -2.32. The average molecular weight is 596 g/mol. The van der Waals surface area contributed by atoms with Crippen LogP contribution < -0.4 is 9.62 Å². The molecule has 0 unspecified atom stereocenters. The maximum atomic E-state index is 14.1. The van der Waals surface area contributed by atoms with Crippen molar-refractivity contribution in [2.45, 2.75) is 76.9 Å². The van der Waals surface area contributed by atoms with Crippen LogP contribution in [0.4, 0.5) is 5.69 Å². The van der Waals surface area contributed by atoms with Crippen LogP contribution in [0.2, 0.25) is 5.02 Å². The van der Waals surface area contributed by atoms with E-state index in [0.29, 0.717) is 10.7 Å². The molecule has 41 heavy (non-hydrogen) atoms. The number of benzene rings is 3. The molecule has 3 aromatic carbocycles. The van der Waals surface area contributed by atoms with E-state index in [1.807, 2.05) is 32.9 Å². The Hall–Kier alpha value is -3.36. The molecule has 0 spiro atoms. The topological polar surface area (TPSA) is 86.8 Å². The number of rotatable bonds is 10. The van der Waals surface area contributed by atoms with Crippen molar-refractivity contribution in [1.29, 1.82) is 0 Å². The van der Waals surface area contributed by atoms with Gasteiger partial charge in [-0.1, -0.05) is 60.3 Å². The molecular weight excluding hydrogens is 558 g/mol. The van der Waals surface area contributed by atoms with Gasteiger partial charge in [-0.2, -0.15) is 0 Å². The Morgan fingerprint density at radius 2 is 1.56 bits per heavy atom. The molecule has 9 heteroatoms. The summed E-state index contributed by atoms with van der Waals surface area (Å²) < 4.78 is 29.2. The first kappa shape index (κ1) is 30.6. The molecule has 7 nitrogen and oxygen atoms in total. The van der Waals surface area contributed by atoms with Crippen LogP contribution in [0.5, 0.6) is 0 Å². The standard InChI is InChI=1S/C32H38ClN3O4S/c1-22-12-14-30(15-13-22)41(39,40)36(29-17-23(2)16-24(3)18-29)21-31(37)35(20-26-8-7-9-27(33)19-26)25(4)32(38)34-28-10-5-6-11-28/h7-9,12-19,25,28H,5-6,10-11,20-21H2,1-4H3,(H,34,38)/t25-/m0/s1. The zero-order valence-corrected chi connectivity index (χ0v) is 25.6. The van der Waals surface area contributed by atoms with Gasteiger partial charge in [-0.05, 0) is 93.6 Å². The summed E-state index contributed by atoms with van der Waals surface area (Å²) in [4.78, 5) is 29.0. The number of nitrogens with zero attached hydrogens (tertiary/aromatic N) is 2. The molecule has 3 aromatic rings. The molecule has 0 aliphatic heterocycles. The number of amides is 2. The third-order valence-electron chi connectivity index (χ3n) is 7.49. The number of halogens is 1. The number of hydrogen-bond acceptors (Lipinski definition) is 4. The lowest BCUT2D eigenvalue weighted by molar-refractivity contribution is -0.139. The maximum absolute atomic E-state index is 14.1. The highest BCUT2D eigenvalue weighted by Gasteiger charge is 2.33. The first-order valence-corrected chi connectivity index (χ1v) is 15.8. The van der Waals surface area contributed by atoms with E-state index >= 15 is 0 Å². The van der Waals surface area contributed by atoms with Crippen molar-refractivity contribution in [2.24, 2.45) is 0 Å². The summed E-state index contributed by atoms with van der Waals surface area (Å²) in [5.41, 5.74) is 3.80. The van der Waals surface area contributed by atoms with E-state index in [0.717, 1.165) is 52.2 Å². The molecule has 2 amide bonds. The van der Waals surface area contributed by atoms with Crippen LogP contribution in [0.25, 0.3) is 0 Å². The Morgan fingerprint density at radius 3 is 2.17 bits per heavy atom. The number of aryl methyl sites for hydroxylation is 3. The Kier molecular flexibility index (Phi) is 9.76. The van der Waals surface area contributed by atoms with Crippen LogP contribution in [-0.2, 0) is 26.2 Å². The molecule has 1 aliphatic carbocycles. The second-order valence-electron chi connectivity index (χ2n) is 11.0. The van der Waals surface area contributed by atoms with Gasteiger partial charge in [-0.25, -0.2) is 8.42 Å². The van der Waals surface area contributed by atoms with E-state index in [1.54, 1.807) is 61.5 Å². The van der Waals surface area contributed by atoms with E-state index in [1.165, 1.54) is 4.90 Å². The number of sulfonamides is 1. The van der Waals surface area contributed by atoms with Gasteiger partial charge in [0, 0.05) is 17.6 Å². The van der Waals surface area contributed by atoms with Crippen LogP contribution in [0.1, 0.15) is 54.9 Å². The van der Waals surface area contributed by atoms with Crippen LogP contribution in [0.3, 0.4) is 0 Å². The largest absolute Gasteiger partial charge is 0.352 e. The predicted octanol–water partition coefficient (Wildman–Crippen LogP) is 5.94. The van der Waals surface area contributed by atoms with E-state index in [4.69, 9.17) is 11.6 Å². The van der Waals surface area contributed by atoms with Crippen molar-refractivity contribution in [1.82, 2.24) is 10.2 Å². The van der Waals surface area contributed by atoms with Gasteiger partial charge in [0.25, 0.3) is 10.0 Å². The summed E-state index contributed by atoms with van der Waals surface area (Å²) in [6, 6.07) is 18.4. The Bertz CT molecular complexity index is 1480. The molecule has 0 bridgehead atoms. The lowest BCUT2D eigenvalue weighted by atomic mass is 10.1. The molecule has 0 heterocycles. The molecule has 0 aromatic heterocycles. The highest BCUT2D eigenvalue weighted by atomic mass is 35.5. The average Bonchev–Trinajstić information content (AvgIpc) is 3.42. The number of hydrogen-bond donors (Lipinski definition) is 1. The monoisotopic (exact) mass is 595 g/mol. The van der Waals surface area contributed by atoms with Crippen LogP contribution in [0.15, 0.2) is 71.6 Å². The van der Waals surface area contributed by atoms with Crippen LogP contribution in [0, 0.1) is 20.8 Å². The SMILES string of the molecule is Cc1ccc(S(=O)(=O)N(CC(=O)N(Cc2cccc(Cl)c2)[C@@H](C)C(=O)NC2CCCC2)c2cc(C)cc(C)c2)cc1. The number of carbonyl (C=O) groups is 2. The van der Waals surface area contributed by atoms with Crippen molar-refractivity contribution in [3.63, 3.8) is 0 Å². The summed E-state index contributed by atoms with van der Waals surface area (Å²) >= 11 is 6.23. The zero-order valence-electron chi connectivity index (χ0n) is 24.1. The number of anilines is 1. The summed E-state index contributed by atoms with van der Waals surface area (Å²) in [7, 11) is -4.11. The molecule has 1 aliphatic rings. The molecule has 0 radical (unpaired) electrons. The highest BCUT2D eigenvalue weighted by Crippen LogP contribution is 2.27. The molecule has 1 N–H and O–H groups in total. The molecule has 4 rings (SSSR count). The van der Waals surface area contributed by atoms with Gasteiger partial charge in [-0.15, -0.1) is 0 Å². The van der Waals surface area contributed by atoms with E-state index in [9.17, 15) is 18.0 Å². The third kappa shape index (κ3) is 7.68. The Balaban J connectivity index is 1.71. The summed E-state index contributed by atoms with van der Waals surface area (Å²) in [5.74, 6) is -0.750. The Morgan fingerprint density at radius 1 is 0.927 bits per heavy atom. The van der Waals surface area contributed by atoms with Gasteiger partial charge in [0.1, 0.15) is 12.6 Å². The maximum Gasteiger partial charge on any atom is 0.264 e. The van der Waals surface area contributed by atoms with Crippen LogP contribution >= 0.6 is 11.6 Å². The first-order valence-electron chi connectivity index (χ1n) is 14.0. The molecular formula is C32H38ClN3O4S. The fourth-order valence-electron chi connectivity index (χ4n) is 5.27. The van der Waals surface area contributed by atoms with Gasteiger partial charge >= 0.3 is 0 Å². The number of carbonyl (C=O) groups excluding carboxylic acids is 2. The van der Waals surface area contributed by atoms with Gasteiger partial charge in [-0.3, -0.25) is 13.9 Å². The van der Waals surface area contributed by atoms with Crippen molar-refractivity contribution >= 4 is 39.1 Å². The van der Waals surface area contributed by atoms with Gasteiger partial charge in [0.2, 0.25) is 11.8 Å². The summed E-state index contributed by atoms with van der Waals surface area (Å²) in [5, 5.41) is 3.59. The minimum atomic E-state index is -4.11.